The van der Waals surface area contributed by atoms with Gasteiger partial charge in [-0.05, 0) is 38.0 Å². The Morgan fingerprint density at radius 1 is 1.36 bits per heavy atom. The monoisotopic (exact) mass is 153 g/mol. The predicted octanol–water partition coefficient (Wildman–Crippen LogP) is 2.13. The van der Waals surface area contributed by atoms with Gasteiger partial charge in [-0.15, -0.1) is 0 Å². The highest BCUT2D eigenvalue weighted by Gasteiger charge is 2.52. The number of hydrogen-bond donors (Lipinski definition) is 0. The molecule has 1 saturated heterocycles. The maximum Gasteiger partial charge on any atom is 0.00558 e. The van der Waals surface area contributed by atoms with Crippen LogP contribution in [-0.4, -0.2) is 24.0 Å². The molecule has 1 aliphatic carbocycles. The van der Waals surface area contributed by atoms with Gasteiger partial charge >= 0.3 is 0 Å². The van der Waals surface area contributed by atoms with Crippen LogP contribution in [0, 0.1) is 11.3 Å². The molecule has 2 rings (SSSR count). The summed E-state index contributed by atoms with van der Waals surface area (Å²) in [6, 6.07) is 0.772. The van der Waals surface area contributed by atoms with Gasteiger partial charge in [0.15, 0.2) is 0 Å². The van der Waals surface area contributed by atoms with Crippen LogP contribution in [0.4, 0.5) is 0 Å². The summed E-state index contributed by atoms with van der Waals surface area (Å²) in [6.45, 7) is 9.78. The summed E-state index contributed by atoms with van der Waals surface area (Å²) in [6.07, 6.45) is 2.98. The minimum Gasteiger partial charge on any atom is -0.300 e. The summed E-state index contributed by atoms with van der Waals surface area (Å²) in [5.41, 5.74) is 0.782. The Morgan fingerprint density at radius 3 is 2.27 bits per heavy atom. The fraction of sp³-hybridized carbons (Fsp3) is 1.00. The summed E-state index contributed by atoms with van der Waals surface area (Å²) in [5, 5.41) is 0. The molecule has 1 aliphatic heterocycles. The molecule has 0 aromatic rings. The van der Waals surface area contributed by atoms with E-state index in [1.165, 1.54) is 25.9 Å². The van der Waals surface area contributed by atoms with Crippen molar-refractivity contribution in [2.24, 2.45) is 11.3 Å². The normalized spacial score (nSPS) is 35.5. The van der Waals surface area contributed by atoms with E-state index in [1.807, 2.05) is 0 Å². The van der Waals surface area contributed by atoms with E-state index >= 15 is 0 Å². The highest BCUT2D eigenvalue weighted by Crippen LogP contribution is 2.52. The maximum atomic E-state index is 2.59. The van der Waals surface area contributed by atoms with Gasteiger partial charge in [0.25, 0.3) is 0 Å². The highest BCUT2D eigenvalue weighted by atomic mass is 15.2. The molecule has 1 unspecified atom stereocenters. The van der Waals surface area contributed by atoms with Crippen molar-refractivity contribution >= 4 is 0 Å². The quantitative estimate of drug-likeness (QED) is 0.558. The molecule has 0 N–H and O–H groups in total. The zero-order valence-electron chi connectivity index (χ0n) is 7.93. The average Bonchev–Trinajstić information content (AvgIpc) is 1.81. The lowest BCUT2D eigenvalue weighted by Gasteiger charge is -2.61. The molecule has 1 heteroatoms. The van der Waals surface area contributed by atoms with Gasteiger partial charge in [-0.3, -0.25) is 4.90 Å². The third-order valence-corrected chi connectivity index (χ3v) is 3.89. The first-order valence-electron chi connectivity index (χ1n) is 4.88. The Kier molecular flexibility index (Phi) is 1.54. The molecule has 0 aromatic heterocycles. The molecule has 11 heavy (non-hydrogen) atoms. The molecule has 1 atom stereocenters. The Hall–Kier alpha value is -0.0400. The van der Waals surface area contributed by atoms with E-state index < -0.39 is 0 Å². The molecule has 64 valence electrons. The summed E-state index contributed by atoms with van der Waals surface area (Å²) in [5.74, 6) is 1.01. The summed E-state index contributed by atoms with van der Waals surface area (Å²) < 4.78 is 0. The van der Waals surface area contributed by atoms with E-state index in [4.69, 9.17) is 0 Å². The summed E-state index contributed by atoms with van der Waals surface area (Å²) in [4.78, 5) is 2.59. The van der Waals surface area contributed by atoms with Crippen molar-refractivity contribution in [3.05, 3.63) is 0 Å². The van der Waals surface area contributed by atoms with Crippen molar-refractivity contribution in [1.82, 2.24) is 4.90 Å². The molecule has 0 aromatic carbocycles. The van der Waals surface area contributed by atoms with Crippen LogP contribution in [0.2, 0.25) is 0 Å². The second kappa shape index (κ2) is 2.22. The molecule has 1 spiro atoms. The van der Waals surface area contributed by atoms with Crippen molar-refractivity contribution in [1.29, 1.82) is 0 Å². The van der Waals surface area contributed by atoms with E-state index in [2.05, 4.69) is 25.7 Å². The van der Waals surface area contributed by atoms with Crippen LogP contribution in [0.15, 0.2) is 0 Å². The molecule has 1 nitrogen and oxygen atoms in total. The highest BCUT2D eigenvalue weighted by molar-refractivity contribution is 5.04. The van der Waals surface area contributed by atoms with E-state index in [-0.39, 0.29) is 0 Å². The van der Waals surface area contributed by atoms with Crippen LogP contribution in [0.25, 0.3) is 0 Å². The molecular formula is C10H19N. The molecule has 2 fully saturated rings. The molecular weight excluding hydrogens is 134 g/mol. The topological polar surface area (TPSA) is 3.24 Å². The van der Waals surface area contributed by atoms with Crippen molar-refractivity contribution < 1.29 is 0 Å². The third kappa shape index (κ3) is 0.936. The second-order valence-electron chi connectivity index (χ2n) is 4.80. The molecule has 1 saturated carbocycles. The number of rotatable bonds is 1. The van der Waals surface area contributed by atoms with E-state index in [1.54, 1.807) is 0 Å². The van der Waals surface area contributed by atoms with Crippen molar-refractivity contribution in [3.8, 4) is 0 Å². The fourth-order valence-corrected chi connectivity index (χ4v) is 2.44. The summed E-state index contributed by atoms with van der Waals surface area (Å²) in [7, 11) is 0. The molecule has 0 bridgehead atoms. The van der Waals surface area contributed by atoms with Crippen LogP contribution >= 0.6 is 0 Å². The first-order chi connectivity index (χ1) is 5.14. The second-order valence-corrected chi connectivity index (χ2v) is 4.80. The van der Waals surface area contributed by atoms with Gasteiger partial charge < -0.3 is 0 Å². The lowest BCUT2D eigenvalue weighted by atomic mass is 9.56. The smallest absolute Gasteiger partial charge is 0.00558 e. The first kappa shape index (κ1) is 7.60. The SMILES string of the molecule is CC(C)N1CC2(CCC2C)C1. The Labute approximate surface area is 69.8 Å². The average molecular weight is 153 g/mol. The van der Waals surface area contributed by atoms with Gasteiger partial charge in [0.2, 0.25) is 0 Å². The van der Waals surface area contributed by atoms with Gasteiger partial charge in [0.1, 0.15) is 0 Å². The minimum absolute atomic E-state index is 0.772. The van der Waals surface area contributed by atoms with Crippen molar-refractivity contribution in [2.75, 3.05) is 13.1 Å². The zero-order valence-corrected chi connectivity index (χ0v) is 7.93. The van der Waals surface area contributed by atoms with Crippen LogP contribution in [-0.2, 0) is 0 Å². The minimum atomic E-state index is 0.772. The van der Waals surface area contributed by atoms with Gasteiger partial charge in [-0.2, -0.15) is 0 Å². The molecule has 0 amide bonds. The number of likely N-dealkylation sites (tertiary alicyclic amines) is 1. The fourth-order valence-electron chi connectivity index (χ4n) is 2.44. The molecule has 1 heterocycles. The summed E-state index contributed by atoms with van der Waals surface area (Å²) >= 11 is 0. The first-order valence-corrected chi connectivity index (χ1v) is 4.88. The van der Waals surface area contributed by atoms with Crippen molar-refractivity contribution in [2.45, 2.75) is 39.7 Å². The Bertz CT molecular complexity index is 156. The zero-order chi connectivity index (χ0) is 8.06. The lowest BCUT2D eigenvalue weighted by Crippen LogP contribution is -2.65. The number of nitrogens with zero attached hydrogens (tertiary/aromatic N) is 1. The van der Waals surface area contributed by atoms with Gasteiger partial charge in [-0.25, -0.2) is 0 Å². The van der Waals surface area contributed by atoms with Crippen molar-refractivity contribution in [3.63, 3.8) is 0 Å². The van der Waals surface area contributed by atoms with E-state index in [9.17, 15) is 0 Å². The predicted molar refractivity (Wildman–Crippen MR) is 47.5 cm³/mol. The third-order valence-electron chi connectivity index (χ3n) is 3.89. The van der Waals surface area contributed by atoms with Crippen LogP contribution < -0.4 is 0 Å². The van der Waals surface area contributed by atoms with Crippen LogP contribution in [0.3, 0.4) is 0 Å². The number of hydrogen-bond acceptors (Lipinski definition) is 1. The van der Waals surface area contributed by atoms with Gasteiger partial charge in [-0.1, -0.05) is 6.92 Å². The van der Waals surface area contributed by atoms with E-state index in [0.29, 0.717) is 0 Å². The lowest BCUT2D eigenvalue weighted by molar-refractivity contribution is -0.119. The van der Waals surface area contributed by atoms with Gasteiger partial charge in [0, 0.05) is 19.1 Å². The van der Waals surface area contributed by atoms with Crippen LogP contribution in [0.1, 0.15) is 33.6 Å². The maximum absolute atomic E-state index is 2.59. The molecule has 2 aliphatic rings. The van der Waals surface area contributed by atoms with E-state index in [0.717, 1.165) is 17.4 Å². The Morgan fingerprint density at radius 2 is 2.00 bits per heavy atom. The molecule has 0 radical (unpaired) electrons. The van der Waals surface area contributed by atoms with Gasteiger partial charge in [0.05, 0.1) is 0 Å². The standard InChI is InChI=1S/C10H19N/c1-8(2)11-6-10(7-11)5-4-9(10)3/h8-9H,4-7H2,1-3H3. The largest absolute Gasteiger partial charge is 0.300 e. The van der Waals surface area contributed by atoms with Crippen LogP contribution in [0.5, 0.6) is 0 Å². The Balaban J connectivity index is 1.87.